The molecule has 1 aromatic carbocycles. The van der Waals surface area contributed by atoms with Crippen LogP contribution in [0.25, 0.3) is 11.2 Å². The first-order chi connectivity index (χ1) is 21.3. The van der Waals surface area contributed by atoms with Crippen molar-refractivity contribution in [3.63, 3.8) is 0 Å². The van der Waals surface area contributed by atoms with Crippen LogP contribution in [0.4, 0.5) is 5.69 Å². The lowest BCUT2D eigenvalue weighted by Gasteiger charge is -2.38. The summed E-state index contributed by atoms with van der Waals surface area (Å²) in [5, 5.41) is 11.1. The quantitative estimate of drug-likeness (QED) is 0.107. The summed E-state index contributed by atoms with van der Waals surface area (Å²) >= 11 is 0. The second-order valence-corrected chi connectivity index (χ2v) is 10.8. The van der Waals surface area contributed by atoms with Crippen LogP contribution < -0.4 is 11.2 Å². The number of benzene rings is 1. The minimum Gasteiger partial charge on any atom is -0.319 e. The number of aryl methyl sites for hydroxylation is 2. The van der Waals surface area contributed by atoms with E-state index < -0.39 is 10.6 Å². The average molecular weight is 605 g/mol. The molecule has 0 bridgehead atoms. The molecule has 0 aliphatic rings. The predicted molar refractivity (Wildman–Crippen MR) is 172 cm³/mol. The van der Waals surface area contributed by atoms with Crippen LogP contribution >= 0.6 is 0 Å². The van der Waals surface area contributed by atoms with Crippen LogP contribution in [0, 0.1) is 10.1 Å². The fraction of sp³-hybridized carbons (Fsp3) is 0.500. The Balaban J connectivity index is 1.92. The van der Waals surface area contributed by atoms with Gasteiger partial charge in [-0.1, -0.05) is 52.8 Å². The van der Waals surface area contributed by atoms with Gasteiger partial charge in [0.1, 0.15) is 5.82 Å². The van der Waals surface area contributed by atoms with E-state index in [1.807, 2.05) is 23.6 Å². The lowest BCUT2D eigenvalue weighted by atomic mass is 10.1. The van der Waals surface area contributed by atoms with Gasteiger partial charge in [-0.05, 0) is 56.2 Å². The van der Waals surface area contributed by atoms with Gasteiger partial charge in [0, 0.05) is 44.0 Å². The zero-order chi connectivity index (χ0) is 31.8. The molecule has 0 saturated heterocycles. The van der Waals surface area contributed by atoms with Crippen LogP contribution in [0.1, 0.15) is 58.0 Å². The van der Waals surface area contributed by atoms with Gasteiger partial charge in [0.2, 0.25) is 0 Å². The standard InChI is InChI=1S/C32H44N8O4/c1-6-19-38-31(41)29-30(37(32(38)42)20-17-24-13-15-26(16-14-24)40(43)44)34-27(21-25-12-11-18-33-22-25)39(29)23-28(35(7-2)8-3)36(9-4)10-5/h11-16,18,22,28H,6-10,17,19-21,23H2,1-5H3. The molecule has 0 atom stereocenters. The monoisotopic (exact) mass is 604 g/mol. The number of hydrogen-bond acceptors (Lipinski definition) is 8. The van der Waals surface area contributed by atoms with Crippen molar-refractivity contribution in [1.29, 1.82) is 0 Å². The molecule has 0 spiro atoms. The molecule has 3 heterocycles. The molecule has 4 aromatic rings. The van der Waals surface area contributed by atoms with E-state index in [1.54, 1.807) is 29.1 Å². The first-order valence-electron chi connectivity index (χ1n) is 15.6. The molecule has 0 unspecified atom stereocenters. The van der Waals surface area contributed by atoms with E-state index >= 15 is 0 Å². The highest BCUT2D eigenvalue weighted by Gasteiger charge is 2.27. The zero-order valence-corrected chi connectivity index (χ0v) is 26.5. The molecule has 0 radical (unpaired) electrons. The minimum atomic E-state index is -0.432. The third kappa shape index (κ3) is 6.97. The van der Waals surface area contributed by atoms with Crippen molar-refractivity contribution >= 4 is 16.9 Å². The number of nitrogens with zero attached hydrogens (tertiary/aromatic N) is 8. The summed E-state index contributed by atoms with van der Waals surface area (Å²) in [7, 11) is 0. The maximum atomic E-state index is 14.1. The molecule has 0 saturated carbocycles. The van der Waals surface area contributed by atoms with Gasteiger partial charge in [0.25, 0.3) is 11.2 Å². The number of nitro groups is 1. The Morgan fingerprint density at radius 2 is 1.52 bits per heavy atom. The number of pyridine rings is 1. The molecular formula is C32H44N8O4. The van der Waals surface area contributed by atoms with E-state index in [0.717, 1.165) is 37.3 Å². The maximum absolute atomic E-state index is 14.1. The zero-order valence-electron chi connectivity index (χ0n) is 26.5. The van der Waals surface area contributed by atoms with Gasteiger partial charge < -0.3 is 4.57 Å². The Bertz CT molecular complexity index is 1640. The highest BCUT2D eigenvalue weighted by atomic mass is 16.6. The van der Waals surface area contributed by atoms with Gasteiger partial charge in [0.15, 0.2) is 11.2 Å². The van der Waals surface area contributed by atoms with E-state index in [9.17, 15) is 19.7 Å². The van der Waals surface area contributed by atoms with Crippen LogP contribution in [0.15, 0.2) is 58.4 Å². The van der Waals surface area contributed by atoms with E-state index in [1.165, 1.54) is 16.7 Å². The lowest BCUT2D eigenvalue weighted by Crippen LogP contribution is -2.51. The van der Waals surface area contributed by atoms with E-state index in [2.05, 4.69) is 42.5 Å². The normalized spacial score (nSPS) is 11.8. The molecular weight excluding hydrogens is 560 g/mol. The van der Waals surface area contributed by atoms with Crippen molar-refractivity contribution < 1.29 is 4.92 Å². The number of aromatic nitrogens is 5. The molecule has 0 fully saturated rings. The third-order valence-corrected chi connectivity index (χ3v) is 8.31. The minimum absolute atomic E-state index is 0.0135. The summed E-state index contributed by atoms with van der Waals surface area (Å²) in [6, 6.07) is 10.2. The summed E-state index contributed by atoms with van der Waals surface area (Å²) in [5.74, 6) is 0.701. The Morgan fingerprint density at radius 3 is 2.07 bits per heavy atom. The summed E-state index contributed by atoms with van der Waals surface area (Å²) in [4.78, 5) is 52.7. The second-order valence-electron chi connectivity index (χ2n) is 10.8. The number of imidazole rings is 1. The number of non-ortho nitro benzene ring substituents is 1. The van der Waals surface area contributed by atoms with E-state index in [4.69, 9.17) is 4.98 Å². The van der Waals surface area contributed by atoms with Crippen LogP contribution in [0.3, 0.4) is 0 Å². The molecule has 44 heavy (non-hydrogen) atoms. The Labute approximate surface area is 257 Å². The number of hydrogen-bond donors (Lipinski definition) is 0. The highest BCUT2D eigenvalue weighted by Crippen LogP contribution is 2.20. The van der Waals surface area contributed by atoms with Crippen molar-refractivity contribution in [1.82, 2.24) is 33.5 Å². The van der Waals surface area contributed by atoms with E-state index in [0.29, 0.717) is 49.3 Å². The Hall–Kier alpha value is -4.16. The summed E-state index contributed by atoms with van der Waals surface area (Å²) in [5.41, 5.74) is 1.88. The van der Waals surface area contributed by atoms with Crippen molar-refractivity contribution in [3.8, 4) is 0 Å². The first-order valence-corrected chi connectivity index (χ1v) is 15.6. The molecule has 0 aliphatic carbocycles. The topological polar surface area (TPSA) is 124 Å². The Morgan fingerprint density at radius 1 is 0.864 bits per heavy atom. The largest absolute Gasteiger partial charge is 0.332 e. The highest BCUT2D eigenvalue weighted by molar-refractivity contribution is 5.71. The molecule has 12 nitrogen and oxygen atoms in total. The number of rotatable bonds is 16. The molecule has 0 N–H and O–H groups in total. The molecule has 0 aliphatic heterocycles. The van der Waals surface area contributed by atoms with Crippen molar-refractivity contribution in [2.45, 2.75) is 79.7 Å². The number of likely N-dealkylation sites (N-methyl/N-ethyl adjacent to an activating group) is 2. The fourth-order valence-electron chi connectivity index (χ4n) is 5.92. The molecule has 0 amide bonds. The molecule has 12 heteroatoms. The van der Waals surface area contributed by atoms with Gasteiger partial charge in [-0.25, -0.2) is 9.78 Å². The number of nitro benzene ring substituents is 1. The van der Waals surface area contributed by atoms with Crippen molar-refractivity contribution in [3.05, 3.63) is 96.7 Å². The third-order valence-electron chi connectivity index (χ3n) is 8.31. The second kappa shape index (κ2) is 15.0. The maximum Gasteiger partial charge on any atom is 0.332 e. The summed E-state index contributed by atoms with van der Waals surface area (Å²) in [6.07, 6.45) is 5.07. The van der Waals surface area contributed by atoms with Crippen LogP contribution in [-0.4, -0.2) is 70.7 Å². The van der Waals surface area contributed by atoms with Crippen molar-refractivity contribution in [2.24, 2.45) is 0 Å². The van der Waals surface area contributed by atoms with Gasteiger partial charge >= 0.3 is 5.69 Å². The smallest absolute Gasteiger partial charge is 0.319 e. The van der Waals surface area contributed by atoms with Gasteiger partial charge in [0.05, 0.1) is 17.6 Å². The van der Waals surface area contributed by atoms with Gasteiger partial charge in [-0.15, -0.1) is 0 Å². The fourth-order valence-corrected chi connectivity index (χ4v) is 5.92. The lowest BCUT2D eigenvalue weighted by molar-refractivity contribution is -0.384. The van der Waals surface area contributed by atoms with Crippen LogP contribution in [-0.2, 0) is 32.5 Å². The predicted octanol–water partition coefficient (Wildman–Crippen LogP) is 3.92. The summed E-state index contributed by atoms with van der Waals surface area (Å²) in [6.45, 7) is 15.0. The Kier molecular flexibility index (Phi) is 11.2. The van der Waals surface area contributed by atoms with E-state index in [-0.39, 0.29) is 24.0 Å². The van der Waals surface area contributed by atoms with Crippen molar-refractivity contribution in [2.75, 3.05) is 26.2 Å². The van der Waals surface area contributed by atoms with Crippen LogP contribution in [0.5, 0.6) is 0 Å². The van der Waals surface area contributed by atoms with Crippen LogP contribution in [0.2, 0.25) is 0 Å². The molecule has 4 rings (SSSR count). The average Bonchev–Trinajstić information content (AvgIpc) is 3.38. The van der Waals surface area contributed by atoms with Gasteiger partial charge in [-0.2, -0.15) is 0 Å². The summed E-state index contributed by atoms with van der Waals surface area (Å²) < 4.78 is 4.95. The number of fused-ring (bicyclic) bond motifs is 1. The molecule has 3 aromatic heterocycles. The molecule has 236 valence electrons. The van der Waals surface area contributed by atoms with Gasteiger partial charge in [-0.3, -0.25) is 38.8 Å². The first kappa shape index (κ1) is 32.7. The SMILES string of the molecule is CCCn1c(=O)c2c(nc(Cc3cccnc3)n2CC(N(CC)CC)N(CC)CC)n(CCc2ccc([N+](=O)[O-])cc2)c1=O.